The summed E-state index contributed by atoms with van der Waals surface area (Å²) in [5.41, 5.74) is 13.0. The fourth-order valence-electron chi connectivity index (χ4n) is 4.17. The number of primary amides is 1. The normalized spacial score (nSPS) is 22.7. The van der Waals surface area contributed by atoms with Crippen LogP contribution >= 0.6 is 0 Å². The van der Waals surface area contributed by atoms with Crippen molar-refractivity contribution >= 4 is 17.5 Å². The molecule has 1 aromatic carbocycles. The van der Waals surface area contributed by atoms with Crippen LogP contribution in [0.1, 0.15) is 25.3 Å². The zero-order valence-electron chi connectivity index (χ0n) is 15.4. The number of nitrogens with two attached hydrogens (primary N) is 1. The summed E-state index contributed by atoms with van der Waals surface area (Å²) in [6, 6.07) is 10.2. The Balaban J connectivity index is 1.69. The predicted molar refractivity (Wildman–Crippen MR) is 104 cm³/mol. The fourth-order valence-corrected chi connectivity index (χ4v) is 4.17. The van der Waals surface area contributed by atoms with Gasteiger partial charge in [-0.1, -0.05) is 48.6 Å². The minimum atomic E-state index is -0.407. The summed E-state index contributed by atoms with van der Waals surface area (Å²) in [5, 5.41) is 2.19. The Morgan fingerprint density at radius 3 is 2.48 bits per heavy atom. The number of nitrogens with one attached hydrogen (secondary N) is 1. The second-order valence-electron chi connectivity index (χ2n) is 7.18. The Hall–Kier alpha value is -2.86. The second-order valence-corrected chi connectivity index (χ2v) is 7.18. The van der Waals surface area contributed by atoms with Crippen LogP contribution in [0.2, 0.25) is 0 Å². The van der Waals surface area contributed by atoms with Crippen LogP contribution in [0.25, 0.3) is 5.70 Å². The first-order valence-corrected chi connectivity index (χ1v) is 9.35. The molecule has 0 radical (unpaired) electrons. The maximum atomic E-state index is 11.9. The first-order valence-electron chi connectivity index (χ1n) is 9.35. The van der Waals surface area contributed by atoms with E-state index in [0.717, 1.165) is 42.8 Å². The summed E-state index contributed by atoms with van der Waals surface area (Å²) in [6.45, 7) is 3.11. The van der Waals surface area contributed by atoms with Crippen molar-refractivity contribution in [1.29, 1.82) is 0 Å². The monoisotopic (exact) mass is 364 g/mol. The van der Waals surface area contributed by atoms with E-state index in [1.165, 1.54) is 0 Å². The van der Waals surface area contributed by atoms with E-state index in [4.69, 9.17) is 5.73 Å². The highest BCUT2D eigenvalue weighted by Crippen LogP contribution is 2.38. The number of likely N-dealkylation sites (tertiary alicyclic amines) is 1. The van der Waals surface area contributed by atoms with Gasteiger partial charge in [-0.3, -0.25) is 9.59 Å². The highest BCUT2D eigenvalue weighted by Gasteiger charge is 2.39. The molecule has 1 fully saturated rings. The van der Waals surface area contributed by atoms with E-state index in [2.05, 4.69) is 28.6 Å². The Kier molecular flexibility index (Phi) is 4.58. The van der Waals surface area contributed by atoms with Crippen LogP contribution in [-0.4, -0.2) is 46.9 Å². The van der Waals surface area contributed by atoms with Crippen molar-refractivity contribution < 1.29 is 9.59 Å². The van der Waals surface area contributed by atoms with E-state index < -0.39 is 5.91 Å². The molecule has 0 saturated carbocycles. The summed E-state index contributed by atoms with van der Waals surface area (Å²) in [5.74, 6) is -0.282. The third kappa shape index (κ3) is 3.17. The molecule has 4 rings (SSSR count). The van der Waals surface area contributed by atoms with E-state index in [1.54, 1.807) is 13.0 Å². The van der Waals surface area contributed by atoms with Gasteiger partial charge >= 0.3 is 0 Å². The van der Waals surface area contributed by atoms with Crippen LogP contribution in [0.4, 0.5) is 0 Å². The Labute approximate surface area is 159 Å². The number of rotatable bonds is 3. The number of piperidine rings is 1. The molecule has 3 N–H and O–H groups in total. The lowest BCUT2D eigenvalue weighted by Gasteiger charge is -2.39. The zero-order valence-corrected chi connectivity index (χ0v) is 15.4. The molecule has 6 heteroatoms. The first-order chi connectivity index (χ1) is 13.1. The number of hydrazine groups is 1. The minimum Gasteiger partial charge on any atom is -0.366 e. The smallest absolute Gasteiger partial charge is 0.246 e. The number of amides is 2. The van der Waals surface area contributed by atoms with Gasteiger partial charge in [0.25, 0.3) is 0 Å². The van der Waals surface area contributed by atoms with Crippen molar-refractivity contribution in [2.45, 2.75) is 31.8 Å². The molecule has 2 aliphatic heterocycles. The van der Waals surface area contributed by atoms with Crippen molar-refractivity contribution in [3.05, 3.63) is 65.3 Å². The third-order valence-electron chi connectivity index (χ3n) is 5.56. The van der Waals surface area contributed by atoms with Crippen molar-refractivity contribution in [2.75, 3.05) is 13.1 Å². The third-order valence-corrected chi connectivity index (χ3v) is 5.56. The van der Waals surface area contributed by atoms with E-state index in [1.807, 2.05) is 29.2 Å². The predicted octanol–water partition coefficient (Wildman–Crippen LogP) is 1.58. The van der Waals surface area contributed by atoms with Gasteiger partial charge in [-0.05, 0) is 18.4 Å². The van der Waals surface area contributed by atoms with Crippen molar-refractivity contribution in [3.63, 3.8) is 0 Å². The van der Waals surface area contributed by atoms with Crippen LogP contribution in [0.3, 0.4) is 0 Å². The molecule has 140 valence electrons. The maximum absolute atomic E-state index is 11.9. The van der Waals surface area contributed by atoms with E-state index in [0.29, 0.717) is 5.57 Å². The van der Waals surface area contributed by atoms with Crippen LogP contribution in [-0.2, 0) is 9.59 Å². The van der Waals surface area contributed by atoms with Crippen LogP contribution in [0.15, 0.2) is 59.7 Å². The molecule has 1 saturated heterocycles. The SMILES string of the molecule is CC(=O)N1CCC(N2NC3C(C(N)=O)=CC=CC3=C2c2ccccc2)CC1. The average molecular weight is 364 g/mol. The molecule has 6 nitrogen and oxygen atoms in total. The largest absolute Gasteiger partial charge is 0.366 e. The number of carbonyl (C=O) groups excluding carboxylic acids is 2. The molecule has 3 aliphatic rings. The van der Waals surface area contributed by atoms with Gasteiger partial charge in [0.2, 0.25) is 11.8 Å². The Bertz CT molecular complexity index is 848. The summed E-state index contributed by atoms with van der Waals surface area (Å²) in [4.78, 5) is 25.5. The molecular weight excluding hydrogens is 340 g/mol. The lowest BCUT2D eigenvalue weighted by atomic mass is 9.91. The van der Waals surface area contributed by atoms with Crippen molar-refractivity contribution in [2.24, 2.45) is 5.73 Å². The number of allylic oxidation sites excluding steroid dienone is 2. The molecule has 1 aromatic rings. The average Bonchev–Trinajstić information content (AvgIpc) is 3.08. The van der Waals surface area contributed by atoms with Crippen molar-refractivity contribution in [3.8, 4) is 0 Å². The van der Waals surface area contributed by atoms with Gasteiger partial charge < -0.3 is 15.6 Å². The molecular formula is C21H24N4O2. The van der Waals surface area contributed by atoms with Gasteiger partial charge in [-0.15, -0.1) is 0 Å². The number of benzene rings is 1. The summed E-state index contributed by atoms with van der Waals surface area (Å²) in [6.07, 6.45) is 7.48. The number of carbonyl (C=O) groups is 2. The summed E-state index contributed by atoms with van der Waals surface area (Å²) >= 11 is 0. The van der Waals surface area contributed by atoms with Crippen LogP contribution in [0.5, 0.6) is 0 Å². The molecule has 1 atom stereocenters. The van der Waals surface area contributed by atoms with Gasteiger partial charge in [0.05, 0.1) is 11.7 Å². The summed E-state index contributed by atoms with van der Waals surface area (Å²) < 4.78 is 0. The van der Waals surface area contributed by atoms with E-state index in [9.17, 15) is 9.59 Å². The van der Waals surface area contributed by atoms with E-state index >= 15 is 0 Å². The number of fused-ring (bicyclic) bond motifs is 1. The standard InChI is InChI=1S/C21H24N4O2/c1-14(26)24-12-10-16(11-13-24)25-20(15-6-3-2-4-7-15)17-8-5-9-18(21(22)27)19(17)23-25/h2-9,16,19,23H,10-13H2,1H3,(H2,22,27). The Morgan fingerprint density at radius 1 is 1.15 bits per heavy atom. The molecule has 0 aromatic heterocycles. The molecule has 0 spiro atoms. The number of hydrogen-bond acceptors (Lipinski definition) is 4. The van der Waals surface area contributed by atoms with Gasteiger partial charge in [0, 0.05) is 37.2 Å². The van der Waals surface area contributed by atoms with Crippen LogP contribution in [0, 0.1) is 0 Å². The minimum absolute atomic E-state index is 0.125. The van der Waals surface area contributed by atoms with Gasteiger partial charge in [0.15, 0.2) is 0 Å². The van der Waals surface area contributed by atoms with Gasteiger partial charge in [-0.2, -0.15) is 0 Å². The molecule has 2 heterocycles. The fraction of sp³-hybridized carbons (Fsp3) is 0.333. The number of nitrogens with zero attached hydrogens (tertiary/aromatic N) is 2. The molecule has 2 amide bonds. The number of hydrogen-bond donors (Lipinski definition) is 2. The van der Waals surface area contributed by atoms with Crippen LogP contribution < -0.4 is 11.2 Å². The van der Waals surface area contributed by atoms with Gasteiger partial charge in [-0.25, -0.2) is 5.43 Å². The first kappa shape index (κ1) is 17.5. The topological polar surface area (TPSA) is 78.7 Å². The second kappa shape index (κ2) is 7.04. The summed E-state index contributed by atoms with van der Waals surface area (Å²) in [7, 11) is 0. The molecule has 27 heavy (non-hydrogen) atoms. The Morgan fingerprint density at radius 2 is 1.85 bits per heavy atom. The van der Waals surface area contributed by atoms with Crippen molar-refractivity contribution in [1.82, 2.24) is 15.3 Å². The maximum Gasteiger partial charge on any atom is 0.246 e. The zero-order chi connectivity index (χ0) is 19.0. The highest BCUT2D eigenvalue weighted by molar-refractivity contribution is 5.96. The lowest BCUT2D eigenvalue weighted by molar-refractivity contribution is -0.130. The van der Waals surface area contributed by atoms with Gasteiger partial charge in [0.1, 0.15) is 0 Å². The molecule has 1 aliphatic carbocycles. The quantitative estimate of drug-likeness (QED) is 0.854. The molecule has 0 bridgehead atoms. The molecule has 1 unspecified atom stereocenters. The van der Waals surface area contributed by atoms with E-state index in [-0.39, 0.29) is 18.0 Å². The highest BCUT2D eigenvalue weighted by atomic mass is 16.2. The lowest BCUT2D eigenvalue weighted by Crippen LogP contribution is -2.51.